The molecule has 0 spiro atoms. The highest BCUT2D eigenvalue weighted by Crippen LogP contribution is 2.34. The summed E-state index contributed by atoms with van der Waals surface area (Å²) in [6.45, 7) is 5.99. The number of carbonyl (C=O) groups is 3. The van der Waals surface area contributed by atoms with E-state index in [1.54, 1.807) is 24.3 Å². The van der Waals surface area contributed by atoms with Crippen LogP contribution in [0.25, 0.3) is 0 Å². The molecule has 1 heterocycles. The van der Waals surface area contributed by atoms with Gasteiger partial charge < -0.3 is 15.4 Å². The number of nitrogens with zero attached hydrogens (tertiary/aromatic N) is 2. The number of halogens is 3. The number of urea groups is 1. The average molecular weight is 571 g/mol. The maximum atomic E-state index is 12.7. The number of hydrogen-bond donors (Lipinski definition) is 2. The van der Waals surface area contributed by atoms with Crippen molar-refractivity contribution in [3.8, 4) is 5.75 Å². The summed E-state index contributed by atoms with van der Waals surface area (Å²) in [5.74, 6) is -0.806. The van der Waals surface area contributed by atoms with Gasteiger partial charge in [-0.15, -0.1) is 13.2 Å². The molecular formula is C28H25F3N4O4S. The highest BCUT2D eigenvalue weighted by Gasteiger charge is 2.33. The summed E-state index contributed by atoms with van der Waals surface area (Å²) < 4.78 is 40.7. The second kappa shape index (κ2) is 11.8. The van der Waals surface area contributed by atoms with Gasteiger partial charge in [0.15, 0.2) is 5.17 Å². The first kappa shape index (κ1) is 28.7. The summed E-state index contributed by atoms with van der Waals surface area (Å²) in [5.41, 5.74) is 3.59. The fourth-order valence-corrected chi connectivity index (χ4v) is 4.76. The van der Waals surface area contributed by atoms with Gasteiger partial charge in [0.2, 0.25) is 5.91 Å². The number of amidine groups is 1. The van der Waals surface area contributed by atoms with Crippen LogP contribution in [0.2, 0.25) is 0 Å². The molecule has 8 nitrogen and oxygen atoms in total. The lowest BCUT2D eigenvalue weighted by Crippen LogP contribution is -2.31. The van der Waals surface area contributed by atoms with Crippen molar-refractivity contribution in [2.24, 2.45) is 4.99 Å². The SMILES string of the molecule is Cc1ccc(C(C)C)c(N2C(=O)CSC2=NC(=O)Nc2ccc(NC(=O)c3ccc(OC(F)(F)F)cc3)cc2)c1. The van der Waals surface area contributed by atoms with Crippen molar-refractivity contribution in [1.29, 1.82) is 0 Å². The minimum absolute atomic E-state index is 0.130. The molecule has 12 heteroatoms. The monoisotopic (exact) mass is 570 g/mol. The summed E-state index contributed by atoms with van der Waals surface area (Å²) in [7, 11) is 0. The molecule has 3 aromatic rings. The van der Waals surface area contributed by atoms with Crippen molar-refractivity contribution in [3.63, 3.8) is 0 Å². The van der Waals surface area contributed by atoms with Crippen molar-refractivity contribution < 1.29 is 32.3 Å². The molecule has 3 aromatic carbocycles. The molecule has 1 fully saturated rings. The van der Waals surface area contributed by atoms with E-state index in [9.17, 15) is 27.6 Å². The number of benzene rings is 3. The first-order chi connectivity index (χ1) is 18.9. The highest BCUT2D eigenvalue weighted by atomic mass is 32.2. The van der Waals surface area contributed by atoms with Gasteiger partial charge in [0.1, 0.15) is 5.75 Å². The summed E-state index contributed by atoms with van der Waals surface area (Å²) in [6.07, 6.45) is -4.82. The highest BCUT2D eigenvalue weighted by molar-refractivity contribution is 8.15. The van der Waals surface area contributed by atoms with Gasteiger partial charge >= 0.3 is 12.4 Å². The third-order valence-electron chi connectivity index (χ3n) is 5.76. The van der Waals surface area contributed by atoms with Crippen molar-refractivity contribution in [1.82, 2.24) is 0 Å². The van der Waals surface area contributed by atoms with Crippen LogP contribution in [0.15, 0.2) is 71.7 Å². The Kier molecular flexibility index (Phi) is 8.48. The standard InChI is InChI=1S/C28H25F3N4O4S/c1-16(2)22-13-4-17(3)14-23(22)35-24(36)15-40-27(35)34-26(38)33-20-9-7-19(8-10-20)32-25(37)18-5-11-21(12-6-18)39-28(29,30)31/h4-14,16H,15H2,1-3H3,(H,32,37)(H,33,38). The fraction of sp³-hybridized carbons (Fsp3) is 0.214. The zero-order valence-electron chi connectivity index (χ0n) is 21.7. The maximum absolute atomic E-state index is 12.7. The molecule has 0 aliphatic carbocycles. The third-order valence-corrected chi connectivity index (χ3v) is 6.68. The number of amides is 4. The number of aliphatic imine (C=N–C) groups is 1. The van der Waals surface area contributed by atoms with E-state index in [1.165, 1.54) is 28.8 Å². The predicted octanol–water partition coefficient (Wildman–Crippen LogP) is 6.94. The van der Waals surface area contributed by atoms with Gasteiger partial charge in [-0.2, -0.15) is 4.99 Å². The number of aryl methyl sites for hydroxylation is 1. The van der Waals surface area contributed by atoms with E-state index in [2.05, 4.69) is 20.4 Å². The van der Waals surface area contributed by atoms with Gasteiger partial charge in [-0.1, -0.05) is 37.7 Å². The molecular weight excluding hydrogens is 545 g/mol. The number of carbonyl (C=O) groups excluding carboxylic acids is 3. The summed E-state index contributed by atoms with van der Waals surface area (Å²) >= 11 is 1.18. The lowest BCUT2D eigenvalue weighted by Gasteiger charge is -2.22. The van der Waals surface area contributed by atoms with Crippen molar-refractivity contribution in [2.45, 2.75) is 33.1 Å². The second-order valence-electron chi connectivity index (χ2n) is 9.16. The van der Waals surface area contributed by atoms with Crippen LogP contribution in [-0.4, -0.2) is 35.1 Å². The molecule has 1 aliphatic rings. The van der Waals surface area contributed by atoms with E-state index in [1.807, 2.05) is 39.0 Å². The quantitative estimate of drug-likeness (QED) is 0.335. The Hall–Kier alpha value is -4.32. The molecule has 4 amide bonds. The van der Waals surface area contributed by atoms with Gasteiger partial charge in [0.25, 0.3) is 5.91 Å². The Bertz CT molecular complexity index is 1460. The Morgan fingerprint density at radius 2 is 1.60 bits per heavy atom. The normalized spacial score (nSPS) is 14.5. The zero-order chi connectivity index (χ0) is 29.0. The minimum atomic E-state index is -4.82. The van der Waals surface area contributed by atoms with Crippen LogP contribution in [0.3, 0.4) is 0 Å². The molecule has 0 atom stereocenters. The molecule has 0 unspecified atom stereocenters. The van der Waals surface area contributed by atoms with Crippen LogP contribution < -0.4 is 20.3 Å². The van der Waals surface area contributed by atoms with Gasteiger partial charge in [-0.25, -0.2) is 4.79 Å². The number of ether oxygens (including phenoxy) is 1. The third kappa shape index (κ3) is 7.20. The van der Waals surface area contributed by atoms with Crippen LogP contribution in [-0.2, 0) is 4.79 Å². The van der Waals surface area contributed by atoms with Gasteiger partial charge in [0, 0.05) is 16.9 Å². The first-order valence-electron chi connectivity index (χ1n) is 12.1. The molecule has 0 radical (unpaired) electrons. The van der Waals surface area contributed by atoms with Crippen molar-refractivity contribution in [3.05, 3.63) is 83.4 Å². The van der Waals surface area contributed by atoms with E-state index in [0.717, 1.165) is 23.3 Å². The van der Waals surface area contributed by atoms with Crippen LogP contribution in [0.1, 0.15) is 41.3 Å². The van der Waals surface area contributed by atoms with E-state index in [4.69, 9.17) is 0 Å². The number of thioether (sulfide) groups is 1. The molecule has 208 valence electrons. The van der Waals surface area contributed by atoms with Crippen molar-refractivity contribution >= 4 is 51.8 Å². The topological polar surface area (TPSA) is 100 Å². The Morgan fingerprint density at radius 3 is 2.20 bits per heavy atom. The largest absolute Gasteiger partial charge is 0.573 e. The van der Waals surface area contributed by atoms with Crippen molar-refractivity contribution in [2.75, 3.05) is 21.3 Å². The molecule has 1 aliphatic heterocycles. The Morgan fingerprint density at radius 1 is 0.975 bits per heavy atom. The van der Waals surface area contributed by atoms with Gasteiger partial charge in [0.05, 0.1) is 11.4 Å². The first-order valence-corrected chi connectivity index (χ1v) is 13.1. The summed E-state index contributed by atoms with van der Waals surface area (Å²) in [5, 5.41) is 5.55. The van der Waals surface area contributed by atoms with E-state index in [-0.39, 0.29) is 28.3 Å². The fourth-order valence-electron chi connectivity index (χ4n) is 3.90. The lowest BCUT2D eigenvalue weighted by atomic mass is 9.99. The van der Waals surface area contributed by atoms with E-state index < -0.39 is 24.1 Å². The van der Waals surface area contributed by atoms with E-state index >= 15 is 0 Å². The second-order valence-corrected chi connectivity index (χ2v) is 10.1. The molecule has 0 bridgehead atoms. The van der Waals surface area contributed by atoms with Crippen LogP contribution in [0, 0.1) is 6.92 Å². The number of hydrogen-bond acceptors (Lipinski definition) is 5. The molecule has 2 N–H and O–H groups in total. The predicted molar refractivity (Wildman–Crippen MR) is 149 cm³/mol. The van der Waals surface area contributed by atoms with Crippen LogP contribution in [0.4, 0.5) is 35.0 Å². The smallest absolute Gasteiger partial charge is 0.406 e. The lowest BCUT2D eigenvalue weighted by molar-refractivity contribution is -0.274. The Labute approximate surface area is 232 Å². The summed E-state index contributed by atoms with van der Waals surface area (Å²) in [6, 6.07) is 15.9. The Balaban J connectivity index is 1.41. The molecule has 40 heavy (non-hydrogen) atoms. The van der Waals surface area contributed by atoms with Crippen LogP contribution in [0.5, 0.6) is 5.75 Å². The molecule has 4 rings (SSSR count). The van der Waals surface area contributed by atoms with Gasteiger partial charge in [-0.05, 0) is 78.6 Å². The molecule has 0 saturated carbocycles. The average Bonchev–Trinajstić information content (AvgIpc) is 3.23. The molecule has 1 saturated heterocycles. The van der Waals surface area contributed by atoms with Crippen LogP contribution >= 0.6 is 11.8 Å². The number of alkyl halides is 3. The maximum Gasteiger partial charge on any atom is 0.573 e. The zero-order valence-corrected chi connectivity index (χ0v) is 22.5. The minimum Gasteiger partial charge on any atom is -0.406 e. The summed E-state index contributed by atoms with van der Waals surface area (Å²) in [4.78, 5) is 43.5. The van der Waals surface area contributed by atoms with E-state index in [0.29, 0.717) is 17.1 Å². The number of rotatable bonds is 6. The van der Waals surface area contributed by atoms with Gasteiger partial charge in [-0.3, -0.25) is 14.5 Å². The number of nitrogens with one attached hydrogen (secondary N) is 2. The number of anilines is 3. The molecule has 0 aromatic heterocycles.